The van der Waals surface area contributed by atoms with E-state index in [-0.39, 0.29) is 24.7 Å². The summed E-state index contributed by atoms with van der Waals surface area (Å²) in [6.45, 7) is 3.97. The second kappa shape index (κ2) is 6.46. The number of halogens is 3. The quantitative estimate of drug-likeness (QED) is 0.618. The molecule has 1 heterocycles. The molecule has 5 nitrogen and oxygen atoms in total. The van der Waals surface area contributed by atoms with E-state index in [0.717, 1.165) is 0 Å². The minimum Gasteiger partial charge on any atom is -0.463 e. The fourth-order valence-electron chi connectivity index (χ4n) is 1.56. The molecule has 0 aliphatic rings. The molecule has 0 spiro atoms. The molecule has 0 amide bonds. The lowest BCUT2D eigenvalue weighted by atomic mass is 9.91. The molecule has 0 saturated heterocycles. The highest BCUT2D eigenvalue weighted by molar-refractivity contribution is 5.87. The molecule has 0 N–H and O–H groups in total. The van der Waals surface area contributed by atoms with Crippen molar-refractivity contribution in [3.8, 4) is 0 Å². The summed E-state index contributed by atoms with van der Waals surface area (Å²) in [6.07, 6.45) is -4.33. The molecule has 1 aromatic rings. The van der Waals surface area contributed by atoms with Crippen LogP contribution in [0.1, 0.15) is 42.9 Å². The van der Waals surface area contributed by atoms with Gasteiger partial charge in [0.05, 0.1) is 19.4 Å². The summed E-state index contributed by atoms with van der Waals surface area (Å²) in [5, 5.41) is 0. The minimum atomic E-state index is -4.37. The standard InChI is InChI=1S/C13H18F3NO4/c1-12(2,3)10-9(11(18)19-4)21-8(17-10)5-6-20-7-13(14,15)16/h5-7H2,1-4H3. The van der Waals surface area contributed by atoms with Crippen LogP contribution in [-0.4, -0.2) is 37.5 Å². The highest BCUT2D eigenvalue weighted by atomic mass is 19.4. The van der Waals surface area contributed by atoms with E-state index in [1.165, 1.54) is 7.11 Å². The summed E-state index contributed by atoms with van der Waals surface area (Å²) in [5.74, 6) is -0.562. The molecule has 0 fully saturated rings. The van der Waals surface area contributed by atoms with Crippen LogP contribution in [-0.2, 0) is 21.3 Å². The zero-order chi connectivity index (χ0) is 16.3. The van der Waals surface area contributed by atoms with Gasteiger partial charge in [0.15, 0.2) is 5.89 Å². The highest BCUT2D eigenvalue weighted by Crippen LogP contribution is 2.26. The molecule has 120 valence electrons. The number of ether oxygens (including phenoxy) is 2. The molecule has 0 bridgehead atoms. The average molecular weight is 309 g/mol. The number of alkyl halides is 3. The van der Waals surface area contributed by atoms with Gasteiger partial charge >= 0.3 is 12.1 Å². The fourth-order valence-corrected chi connectivity index (χ4v) is 1.56. The number of carbonyl (C=O) groups excluding carboxylic acids is 1. The van der Waals surface area contributed by atoms with E-state index < -0.39 is 24.2 Å². The van der Waals surface area contributed by atoms with Gasteiger partial charge in [-0.05, 0) is 0 Å². The zero-order valence-corrected chi connectivity index (χ0v) is 12.3. The largest absolute Gasteiger partial charge is 0.463 e. The van der Waals surface area contributed by atoms with Crippen LogP contribution in [0.25, 0.3) is 0 Å². The predicted octanol–water partition coefficient (Wildman–Crippen LogP) is 2.88. The maximum absolute atomic E-state index is 11.9. The third-order valence-corrected chi connectivity index (χ3v) is 2.48. The molecular formula is C13H18F3NO4. The maximum atomic E-state index is 11.9. The molecule has 0 radical (unpaired) electrons. The number of methoxy groups -OCH3 is 1. The number of rotatable bonds is 5. The Labute approximate surface area is 120 Å². The predicted molar refractivity (Wildman–Crippen MR) is 67.1 cm³/mol. The number of esters is 1. The number of hydrogen-bond donors (Lipinski definition) is 0. The summed E-state index contributed by atoms with van der Waals surface area (Å²) in [5.41, 5.74) is -0.0573. The van der Waals surface area contributed by atoms with Crippen LogP contribution in [0.4, 0.5) is 13.2 Å². The molecular weight excluding hydrogens is 291 g/mol. The van der Waals surface area contributed by atoms with Gasteiger partial charge in [0.1, 0.15) is 6.61 Å². The van der Waals surface area contributed by atoms with Gasteiger partial charge in [0, 0.05) is 11.8 Å². The number of nitrogens with zero attached hydrogens (tertiary/aromatic N) is 1. The van der Waals surface area contributed by atoms with Crippen molar-refractivity contribution in [1.82, 2.24) is 4.98 Å². The van der Waals surface area contributed by atoms with Gasteiger partial charge in [-0.15, -0.1) is 0 Å². The SMILES string of the molecule is COC(=O)c1oc(CCOCC(F)(F)F)nc1C(C)(C)C. The van der Waals surface area contributed by atoms with Crippen molar-refractivity contribution in [3.05, 3.63) is 17.3 Å². The van der Waals surface area contributed by atoms with Crippen LogP contribution in [0.15, 0.2) is 4.42 Å². The molecule has 0 aliphatic carbocycles. The zero-order valence-electron chi connectivity index (χ0n) is 12.3. The third-order valence-electron chi connectivity index (χ3n) is 2.48. The number of carbonyl (C=O) groups is 1. The Morgan fingerprint density at radius 3 is 2.38 bits per heavy atom. The van der Waals surface area contributed by atoms with Gasteiger partial charge < -0.3 is 13.9 Å². The van der Waals surface area contributed by atoms with E-state index in [9.17, 15) is 18.0 Å². The highest BCUT2D eigenvalue weighted by Gasteiger charge is 2.30. The van der Waals surface area contributed by atoms with E-state index in [1.54, 1.807) is 0 Å². The van der Waals surface area contributed by atoms with Crippen molar-refractivity contribution in [2.24, 2.45) is 0 Å². The van der Waals surface area contributed by atoms with E-state index >= 15 is 0 Å². The Kier molecular flexibility index (Phi) is 5.38. The Morgan fingerprint density at radius 2 is 1.90 bits per heavy atom. The molecule has 1 aromatic heterocycles. The summed E-state index contributed by atoms with van der Waals surface area (Å²) in [4.78, 5) is 15.8. The topological polar surface area (TPSA) is 61.6 Å². The van der Waals surface area contributed by atoms with Crippen LogP contribution in [0, 0.1) is 0 Å². The van der Waals surface area contributed by atoms with Crippen molar-refractivity contribution in [2.45, 2.75) is 38.8 Å². The molecule has 0 atom stereocenters. The number of hydrogen-bond acceptors (Lipinski definition) is 5. The van der Waals surface area contributed by atoms with E-state index in [1.807, 2.05) is 20.8 Å². The number of aromatic nitrogens is 1. The first-order chi connectivity index (χ1) is 9.54. The summed E-state index contributed by atoms with van der Waals surface area (Å²) in [7, 11) is 1.21. The van der Waals surface area contributed by atoms with Crippen molar-refractivity contribution in [3.63, 3.8) is 0 Å². The monoisotopic (exact) mass is 309 g/mol. The lowest BCUT2D eigenvalue weighted by Crippen LogP contribution is -2.18. The lowest BCUT2D eigenvalue weighted by molar-refractivity contribution is -0.173. The van der Waals surface area contributed by atoms with Crippen LogP contribution >= 0.6 is 0 Å². The van der Waals surface area contributed by atoms with Crippen molar-refractivity contribution in [1.29, 1.82) is 0 Å². The molecule has 0 unspecified atom stereocenters. The lowest BCUT2D eigenvalue weighted by Gasteiger charge is -2.15. The van der Waals surface area contributed by atoms with Crippen LogP contribution in [0.5, 0.6) is 0 Å². The molecule has 0 aliphatic heterocycles. The van der Waals surface area contributed by atoms with Gasteiger partial charge in [0.2, 0.25) is 5.76 Å². The van der Waals surface area contributed by atoms with Crippen LogP contribution < -0.4 is 0 Å². The molecule has 0 aromatic carbocycles. The average Bonchev–Trinajstić information content (AvgIpc) is 2.76. The Balaban J connectivity index is 2.76. The van der Waals surface area contributed by atoms with Gasteiger partial charge in [-0.1, -0.05) is 20.8 Å². The second-order valence-corrected chi connectivity index (χ2v) is 5.44. The van der Waals surface area contributed by atoms with Crippen LogP contribution in [0.3, 0.4) is 0 Å². The van der Waals surface area contributed by atoms with Crippen molar-refractivity contribution >= 4 is 5.97 Å². The van der Waals surface area contributed by atoms with E-state index in [2.05, 4.69) is 14.5 Å². The van der Waals surface area contributed by atoms with E-state index in [0.29, 0.717) is 5.69 Å². The van der Waals surface area contributed by atoms with Crippen molar-refractivity contribution < 1.29 is 31.9 Å². The molecule has 1 rings (SSSR count). The van der Waals surface area contributed by atoms with E-state index in [4.69, 9.17) is 4.42 Å². The molecule has 0 saturated carbocycles. The summed E-state index contributed by atoms with van der Waals surface area (Å²) < 4.78 is 50.2. The normalized spacial score (nSPS) is 12.5. The Bertz CT molecular complexity index is 489. The molecule has 21 heavy (non-hydrogen) atoms. The summed E-state index contributed by atoms with van der Waals surface area (Å²) in [6, 6.07) is 0. The van der Waals surface area contributed by atoms with Gasteiger partial charge in [0.25, 0.3) is 0 Å². The van der Waals surface area contributed by atoms with Gasteiger partial charge in [-0.25, -0.2) is 9.78 Å². The minimum absolute atomic E-state index is 0.0316. The van der Waals surface area contributed by atoms with Crippen LogP contribution in [0.2, 0.25) is 0 Å². The first-order valence-corrected chi connectivity index (χ1v) is 6.27. The fraction of sp³-hybridized carbons (Fsp3) is 0.692. The first kappa shape index (κ1) is 17.5. The second-order valence-electron chi connectivity index (χ2n) is 5.44. The number of oxazole rings is 1. The summed E-state index contributed by atoms with van der Waals surface area (Å²) >= 11 is 0. The smallest absolute Gasteiger partial charge is 0.411 e. The van der Waals surface area contributed by atoms with Gasteiger partial charge in [-0.3, -0.25) is 0 Å². The Morgan fingerprint density at radius 1 is 1.29 bits per heavy atom. The third kappa shape index (κ3) is 5.37. The Hall–Kier alpha value is -1.57. The first-order valence-electron chi connectivity index (χ1n) is 6.27. The maximum Gasteiger partial charge on any atom is 0.411 e. The van der Waals surface area contributed by atoms with Gasteiger partial charge in [-0.2, -0.15) is 13.2 Å². The van der Waals surface area contributed by atoms with Crippen molar-refractivity contribution in [2.75, 3.05) is 20.3 Å². The molecule has 8 heteroatoms.